The van der Waals surface area contributed by atoms with Crippen LogP contribution in [0.15, 0.2) is 77.0 Å². The van der Waals surface area contributed by atoms with Crippen LogP contribution in [0.3, 0.4) is 0 Å². The number of carbonyl (C=O) groups is 2. The maximum absolute atomic E-state index is 13.4. The lowest BCUT2D eigenvalue weighted by Gasteiger charge is -2.13. The number of ether oxygens (including phenoxy) is 1. The van der Waals surface area contributed by atoms with Crippen LogP contribution >= 0.6 is 11.3 Å². The van der Waals surface area contributed by atoms with E-state index in [-0.39, 0.29) is 22.1 Å². The minimum absolute atomic E-state index is 0.0117. The molecule has 206 valence electrons. The number of nitro benzene ring substituents is 1. The van der Waals surface area contributed by atoms with Crippen LogP contribution in [0.2, 0.25) is 0 Å². The van der Waals surface area contributed by atoms with E-state index < -0.39 is 49.5 Å². The molecule has 0 aliphatic rings. The number of amides is 1. The Bertz CT molecular complexity index is 1710. The fourth-order valence-corrected chi connectivity index (χ4v) is 5.06. The molecule has 0 bridgehead atoms. The number of esters is 1. The second kappa shape index (κ2) is 11.5. The van der Waals surface area contributed by atoms with Gasteiger partial charge in [0.1, 0.15) is 0 Å². The lowest BCUT2D eigenvalue weighted by atomic mass is 10.1. The maximum Gasteiger partial charge on any atom is 0.338 e. The minimum atomic E-state index is -4.23. The Morgan fingerprint density at radius 3 is 2.45 bits per heavy atom. The molecule has 2 N–H and O–H groups in total. The summed E-state index contributed by atoms with van der Waals surface area (Å²) in [4.78, 5) is 39.2. The summed E-state index contributed by atoms with van der Waals surface area (Å²) in [6.07, 6.45) is -1.23. The number of benzene rings is 3. The molecule has 0 spiro atoms. The van der Waals surface area contributed by atoms with E-state index >= 15 is 0 Å². The first-order valence-electron chi connectivity index (χ1n) is 11.2. The first-order chi connectivity index (χ1) is 18.9. The van der Waals surface area contributed by atoms with Gasteiger partial charge in [0, 0.05) is 28.8 Å². The van der Waals surface area contributed by atoms with Gasteiger partial charge in [-0.2, -0.15) is 0 Å². The average molecular weight is 589 g/mol. The van der Waals surface area contributed by atoms with Crippen molar-refractivity contribution < 1.29 is 36.4 Å². The van der Waals surface area contributed by atoms with Crippen LogP contribution in [-0.2, 0) is 19.6 Å². The number of carbonyl (C=O) groups excluding carboxylic acids is 2. The highest BCUT2D eigenvalue weighted by Crippen LogP contribution is 2.27. The van der Waals surface area contributed by atoms with Gasteiger partial charge in [0.2, 0.25) is 0 Å². The van der Waals surface area contributed by atoms with Gasteiger partial charge >= 0.3 is 5.97 Å². The molecule has 4 aromatic rings. The first kappa shape index (κ1) is 28.3. The number of non-ortho nitro benzene ring substituents is 1. The van der Waals surface area contributed by atoms with E-state index in [0.717, 1.165) is 17.4 Å². The molecule has 40 heavy (non-hydrogen) atoms. The monoisotopic (exact) mass is 588 g/mol. The van der Waals surface area contributed by atoms with Gasteiger partial charge in [0.15, 0.2) is 22.9 Å². The number of nitro groups is 1. The molecule has 3 aromatic carbocycles. The molecule has 0 aliphatic carbocycles. The lowest BCUT2D eigenvalue weighted by molar-refractivity contribution is -0.384. The van der Waals surface area contributed by atoms with Crippen LogP contribution < -0.4 is 10.0 Å². The summed E-state index contributed by atoms with van der Waals surface area (Å²) in [6, 6.07) is 13.0. The van der Waals surface area contributed by atoms with E-state index in [4.69, 9.17) is 4.74 Å². The Balaban J connectivity index is 1.35. The molecular weight excluding hydrogens is 570 g/mol. The summed E-state index contributed by atoms with van der Waals surface area (Å²) in [5, 5.41) is 15.3. The number of hydrogen-bond donors (Lipinski definition) is 2. The van der Waals surface area contributed by atoms with Crippen molar-refractivity contribution in [2.75, 3.05) is 10.0 Å². The van der Waals surface area contributed by atoms with E-state index in [9.17, 15) is 36.9 Å². The lowest BCUT2D eigenvalue weighted by Crippen LogP contribution is -2.30. The average Bonchev–Trinajstić information content (AvgIpc) is 3.38. The molecule has 0 radical (unpaired) electrons. The van der Waals surface area contributed by atoms with Crippen molar-refractivity contribution in [2.45, 2.75) is 17.9 Å². The molecule has 4 rings (SSSR count). The predicted octanol–water partition coefficient (Wildman–Crippen LogP) is 4.98. The molecule has 0 saturated heterocycles. The number of hydrogen-bond acceptors (Lipinski definition) is 9. The Labute approximate surface area is 229 Å². The van der Waals surface area contributed by atoms with Crippen LogP contribution in [0.5, 0.6) is 0 Å². The number of nitrogens with zero attached hydrogens (tertiary/aromatic N) is 2. The predicted molar refractivity (Wildman–Crippen MR) is 141 cm³/mol. The van der Waals surface area contributed by atoms with Crippen LogP contribution in [0.1, 0.15) is 17.3 Å². The summed E-state index contributed by atoms with van der Waals surface area (Å²) in [5.74, 6) is -4.06. The Kier molecular flexibility index (Phi) is 8.16. The van der Waals surface area contributed by atoms with E-state index in [0.29, 0.717) is 23.4 Å². The second-order valence-corrected chi connectivity index (χ2v) is 10.7. The first-order valence-corrected chi connectivity index (χ1v) is 13.6. The van der Waals surface area contributed by atoms with E-state index in [1.54, 1.807) is 11.4 Å². The normalized spacial score (nSPS) is 11.9. The third-order valence-corrected chi connectivity index (χ3v) is 7.45. The second-order valence-electron chi connectivity index (χ2n) is 8.14. The molecule has 1 heterocycles. The molecular formula is C25H18F2N4O7S2. The number of halogens is 2. The molecule has 1 amide bonds. The van der Waals surface area contributed by atoms with Gasteiger partial charge in [-0.3, -0.25) is 24.9 Å². The van der Waals surface area contributed by atoms with Crippen molar-refractivity contribution in [3.05, 3.63) is 99.4 Å². The SMILES string of the molecule is C[C@H](OC(=O)c1ccc(NS(=O)(=O)c2ccc(F)c(F)c2)cc1)C(=O)Nc1nc(-c2cccc([N+](=O)[O-])c2)cs1. The minimum Gasteiger partial charge on any atom is -0.449 e. The molecule has 15 heteroatoms. The van der Waals surface area contributed by atoms with Crippen molar-refractivity contribution >= 4 is 49.7 Å². The van der Waals surface area contributed by atoms with Crippen molar-refractivity contribution in [3.63, 3.8) is 0 Å². The third kappa shape index (κ3) is 6.62. The van der Waals surface area contributed by atoms with Crippen molar-refractivity contribution in [1.82, 2.24) is 4.98 Å². The van der Waals surface area contributed by atoms with Crippen LogP contribution in [0, 0.1) is 21.7 Å². The summed E-state index contributed by atoms with van der Waals surface area (Å²) in [6.45, 7) is 1.34. The van der Waals surface area contributed by atoms with Gasteiger partial charge in [-0.1, -0.05) is 12.1 Å². The quantitative estimate of drug-likeness (QED) is 0.157. The molecule has 1 aromatic heterocycles. The zero-order chi connectivity index (χ0) is 29.0. The number of sulfonamides is 1. The maximum atomic E-state index is 13.4. The Morgan fingerprint density at radius 1 is 1.05 bits per heavy atom. The molecule has 0 aliphatic heterocycles. The number of aromatic nitrogens is 1. The van der Waals surface area contributed by atoms with Gasteiger partial charge in [-0.05, 0) is 49.4 Å². The standard InChI is InChI=1S/C25H18F2N4O7S2/c1-14(23(32)29-25-28-22(13-39-25)16-3-2-4-18(11-16)31(34)35)38-24(33)15-5-7-17(8-6-15)30-40(36,37)19-9-10-20(26)21(27)12-19/h2-14,30H,1H3,(H,28,29,32)/t14-/m0/s1. The Hall–Kier alpha value is -4.76. The summed E-state index contributed by atoms with van der Waals surface area (Å²) >= 11 is 1.08. The van der Waals surface area contributed by atoms with Crippen molar-refractivity contribution in [3.8, 4) is 11.3 Å². The van der Waals surface area contributed by atoms with Gasteiger partial charge in [0.05, 0.1) is 21.1 Å². The smallest absolute Gasteiger partial charge is 0.338 e. The van der Waals surface area contributed by atoms with E-state index in [2.05, 4.69) is 15.0 Å². The molecule has 11 nitrogen and oxygen atoms in total. The van der Waals surface area contributed by atoms with Crippen LogP contribution in [0.4, 0.5) is 25.3 Å². The number of thiazole rings is 1. The topological polar surface area (TPSA) is 158 Å². The summed E-state index contributed by atoms with van der Waals surface area (Å²) in [7, 11) is -4.23. The fraction of sp³-hybridized carbons (Fsp3) is 0.0800. The van der Waals surface area contributed by atoms with Crippen molar-refractivity contribution in [1.29, 1.82) is 0 Å². The summed E-state index contributed by atoms with van der Waals surface area (Å²) < 4.78 is 58.7. The van der Waals surface area contributed by atoms with Gasteiger partial charge in [-0.15, -0.1) is 11.3 Å². The zero-order valence-corrected chi connectivity index (χ0v) is 22.0. The van der Waals surface area contributed by atoms with Crippen molar-refractivity contribution in [2.24, 2.45) is 0 Å². The fourth-order valence-electron chi connectivity index (χ4n) is 3.26. The molecule has 0 unspecified atom stereocenters. The van der Waals surface area contributed by atoms with Gasteiger partial charge in [0.25, 0.3) is 21.6 Å². The highest BCUT2D eigenvalue weighted by molar-refractivity contribution is 7.92. The largest absolute Gasteiger partial charge is 0.449 e. The highest BCUT2D eigenvalue weighted by atomic mass is 32.2. The number of rotatable bonds is 9. The number of nitrogens with one attached hydrogen (secondary N) is 2. The molecule has 0 fully saturated rings. The third-order valence-electron chi connectivity index (χ3n) is 5.31. The van der Waals surface area contributed by atoms with E-state index in [1.807, 2.05) is 0 Å². The highest BCUT2D eigenvalue weighted by Gasteiger charge is 2.21. The van der Waals surface area contributed by atoms with Crippen LogP contribution in [-0.4, -0.2) is 36.3 Å². The number of anilines is 2. The molecule has 0 saturated carbocycles. The Morgan fingerprint density at radius 2 is 1.77 bits per heavy atom. The summed E-state index contributed by atoms with van der Waals surface area (Å²) in [5.41, 5.74) is 0.841. The van der Waals surface area contributed by atoms with Crippen LogP contribution in [0.25, 0.3) is 11.3 Å². The van der Waals surface area contributed by atoms with Gasteiger partial charge in [-0.25, -0.2) is 27.0 Å². The van der Waals surface area contributed by atoms with Gasteiger partial charge < -0.3 is 4.74 Å². The molecule has 1 atom stereocenters. The zero-order valence-electron chi connectivity index (χ0n) is 20.3. The van der Waals surface area contributed by atoms with E-state index in [1.165, 1.54) is 49.4 Å².